The van der Waals surface area contributed by atoms with Gasteiger partial charge in [-0.1, -0.05) is 18.5 Å². The Morgan fingerprint density at radius 3 is 2.79 bits per heavy atom. The molecule has 0 aliphatic rings. The molecule has 0 fully saturated rings. The summed E-state index contributed by atoms with van der Waals surface area (Å²) in [5.74, 6) is -0.253. The molecule has 0 spiro atoms. The van der Waals surface area contributed by atoms with Gasteiger partial charge in [-0.05, 0) is 60.7 Å². The van der Waals surface area contributed by atoms with E-state index in [1.165, 1.54) is 22.6 Å². The molecule has 1 aromatic heterocycles. The Morgan fingerprint density at radius 1 is 1.37 bits per heavy atom. The number of nitrogens with one attached hydrogen (secondary N) is 1. The Kier molecular flexibility index (Phi) is 4.97. The number of aryl methyl sites for hydroxylation is 1. The topological polar surface area (TPSA) is 12.0 Å². The summed E-state index contributed by atoms with van der Waals surface area (Å²) in [6, 6.07) is 6.57. The molecule has 1 heterocycles. The van der Waals surface area contributed by atoms with Crippen LogP contribution in [-0.4, -0.2) is 6.54 Å². The zero-order valence-electron chi connectivity index (χ0n) is 11.0. The highest BCUT2D eigenvalue weighted by Gasteiger charge is 2.19. The van der Waals surface area contributed by atoms with Crippen molar-refractivity contribution < 1.29 is 4.39 Å². The molecule has 19 heavy (non-hydrogen) atoms. The van der Waals surface area contributed by atoms with Gasteiger partial charge < -0.3 is 5.32 Å². The lowest BCUT2D eigenvalue weighted by Gasteiger charge is -2.20. The zero-order valence-corrected chi connectivity index (χ0v) is 12.6. The van der Waals surface area contributed by atoms with Gasteiger partial charge in [-0.15, -0.1) is 11.3 Å². The zero-order chi connectivity index (χ0) is 13.8. The average molecular weight is 298 g/mol. The average Bonchev–Trinajstić information content (AvgIpc) is 2.80. The normalized spacial score (nSPS) is 12.6. The Balaban J connectivity index is 2.42. The van der Waals surface area contributed by atoms with Crippen LogP contribution in [0.15, 0.2) is 29.6 Å². The van der Waals surface area contributed by atoms with Crippen molar-refractivity contribution in [2.75, 3.05) is 6.54 Å². The second-order valence-electron chi connectivity index (χ2n) is 4.52. The molecule has 2 rings (SSSR count). The number of halogens is 2. The van der Waals surface area contributed by atoms with Crippen molar-refractivity contribution in [1.82, 2.24) is 5.32 Å². The van der Waals surface area contributed by atoms with Crippen LogP contribution in [0, 0.1) is 12.7 Å². The van der Waals surface area contributed by atoms with E-state index in [9.17, 15) is 4.39 Å². The summed E-state index contributed by atoms with van der Waals surface area (Å²) in [6.07, 6.45) is 1.02. The molecule has 0 aliphatic carbocycles. The Hall–Kier alpha value is -0.900. The summed E-state index contributed by atoms with van der Waals surface area (Å²) >= 11 is 7.91. The second-order valence-corrected chi connectivity index (χ2v) is 5.88. The molecule has 1 atom stereocenters. The third-order valence-electron chi connectivity index (χ3n) is 3.03. The van der Waals surface area contributed by atoms with E-state index in [0.717, 1.165) is 18.5 Å². The van der Waals surface area contributed by atoms with Crippen molar-refractivity contribution in [2.45, 2.75) is 26.3 Å². The molecule has 0 saturated carbocycles. The molecule has 0 bridgehead atoms. The van der Waals surface area contributed by atoms with Crippen LogP contribution in [0.3, 0.4) is 0 Å². The minimum atomic E-state index is -0.253. The van der Waals surface area contributed by atoms with Gasteiger partial charge in [0, 0.05) is 9.90 Å². The third-order valence-corrected chi connectivity index (χ3v) is 4.46. The van der Waals surface area contributed by atoms with Gasteiger partial charge in [-0.2, -0.15) is 0 Å². The minimum Gasteiger partial charge on any atom is -0.306 e. The largest absolute Gasteiger partial charge is 0.306 e. The van der Waals surface area contributed by atoms with Gasteiger partial charge in [0.1, 0.15) is 5.82 Å². The van der Waals surface area contributed by atoms with Crippen LogP contribution < -0.4 is 5.32 Å². The van der Waals surface area contributed by atoms with Crippen molar-refractivity contribution >= 4 is 22.9 Å². The van der Waals surface area contributed by atoms with E-state index in [2.05, 4.69) is 30.6 Å². The van der Waals surface area contributed by atoms with Crippen LogP contribution in [0.4, 0.5) is 4.39 Å². The lowest BCUT2D eigenvalue weighted by Crippen LogP contribution is -2.23. The fourth-order valence-electron chi connectivity index (χ4n) is 2.05. The van der Waals surface area contributed by atoms with E-state index in [1.807, 2.05) is 0 Å². The number of hydrogen-bond acceptors (Lipinski definition) is 2. The maximum atomic E-state index is 13.5. The lowest BCUT2D eigenvalue weighted by molar-refractivity contribution is 0.589. The van der Waals surface area contributed by atoms with Gasteiger partial charge in [-0.25, -0.2) is 4.39 Å². The van der Waals surface area contributed by atoms with E-state index in [4.69, 9.17) is 11.6 Å². The monoisotopic (exact) mass is 297 g/mol. The highest BCUT2D eigenvalue weighted by atomic mass is 35.5. The van der Waals surface area contributed by atoms with Crippen molar-refractivity contribution in [3.8, 4) is 0 Å². The van der Waals surface area contributed by atoms with Crippen molar-refractivity contribution in [2.24, 2.45) is 0 Å². The molecular formula is C15H17ClFNS. The van der Waals surface area contributed by atoms with Crippen LogP contribution in [0.5, 0.6) is 0 Å². The SMILES string of the molecule is CCCNC(c1cc(F)ccc1Cl)c1sccc1C. The Morgan fingerprint density at radius 2 is 2.16 bits per heavy atom. The first-order valence-corrected chi connectivity index (χ1v) is 7.61. The first kappa shape index (κ1) is 14.5. The molecule has 1 unspecified atom stereocenters. The first-order chi connectivity index (χ1) is 9.13. The summed E-state index contributed by atoms with van der Waals surface area (Å²) < 4.78 is 13.5. The maximum Gasteiger partial charge on any atom is 0.123 e. The van der Waals surface area contributed by atoms with E-state index >= 15 is 0 Å². The molecule has 0 aliphatic heterocycles. The van der Waals surface area contributed by atoms with Crippen molar-refractivity contribution in [1.29, 1.82) is 0 Å². The molecule has 0 saturated heterocycles. The quantitative estimate of drug-likeness (QED) is 0.824. The molecule has 0 radical (unpaired) electrons. The smallest absolute Gasteiger partial charge is 0.123 e. The third kappa shape index (κ3) is 3.35. The molecule has 2 aromatic rings. The molecule has 0 amide bonds. The van der Waals surface area contributed by atoms with E-state index in [1.54, 1.807) is 17.4 Å². The highest BCUT2D eigenvalue weighted by molar-refractivity contribution is 7.10. The van der Waals surface area contributed by atoms with Gasteiger partial charge in [0.25, 0.3) is 0 Å². The van der Waals surface area contributed by atoms with E-state index in [0.29, 0.717) is 5.02 Å². The lowest BCUT2D eigenvalue weighted by atomic mass is 10.0. The fourth-order valence-corrected chi connectivity index (χ4v) is 3.29. The van der Waals surface area contributed by atoms with Crippen LogP contribution in [0.1, 0.15) is 35.4 Å². The predicted octanol–water partition coefficient (Wildman–Crippen LogP) is 4.94. The van der Waals surface area contributed by atoms with E-state index in [-0.39, 0.29) is 11.9 Å². The first-order valence-electron chi connectivity index (χ1n) is 6.35. The van der Waals surface area contributed by atoms with Crippen LogP contribution in [0.2, 0.25) is 5.02 Å². The molecular weight excluding hydrogens is 281 g/mol. The minimum absolute atomic E-state index is 0.0388. The molecule has 4 heteroatoms. The second kappa shape index (κ2) is 6.51. The summed E-state index contributed by atoms with van der Waals surface area (Å²) in [6.45, 7) is 5.05. The summed E-state index contributed by atoms with van der Waals surface area (Å²) in [7, 11) is 0. The van der Waals surface area contributed by atoms with Gasteiger partial charge >= 0.3 is 0 Å². The van der Waals surface area contributed by atoms with E-state index < -0.39 is 0 Å². The molecule has 1 N–H and O–H groups in total. The van der Waals surface area contributed by atoms with Crippen LogP contribution in [0.25, 0.3) is 0 Å². The molecule has 1 aromatic carbocycles. The predicted molar refractivity (Wildman–Crippen MR) is 80.6 cm³/mol. The van der Waals surface area contributed by atoms with Gasteiger partial charge in [0.2, 0.25) is 0 Å². The van der Waals surface area contributed by atoms with Gasteiger partial charge in [0.05, 0.1) is 6.04 Å². The van der Waals surface area contributed by atoms with Crippen LogP contribution in [-0.2, 0) is 0 Å². The van der Waals surface area contributed by atoms with Crippen molar-refractivity contribution in [3.05, 3.63) is 56.5 Å². The van der Waals surface area contributed by atoms with Gasteiger partial charge in [-0.3, -0.25) is 0 Å². The number of thiophene rings is 1. The summed E-state index contributed by atoms with van der Waals surface area (Å²) in [5.41, 5.74) is 2.01. The van der Waals surface area contributed by atoms with Crippen LogP contribution >= 0.6 is 22.9 Å². The summed E-state index contributed by atoms with van der Waals surface area (Å²) in [5, 5.41) is 6.11. The fraction of sp³-hybridized carbons (Fsp3) is 0.333. The summed E-state index contributed by atoms with van der Waals surface area (Å²) in [4.78, 5) is 1.20. The Bertz CT molecular complexity index is 553. The number of rotatable bonds is 5. The number of benzene rings is 1. The van der Waals surface area contributed by atoms with Crippen molar-refractivity contribution in [3.63, 3.8) is 0 Å². The molecule has 1 nitrogen and oxygen atoms in total. The van der Waals surface area contributed by atoms with Gasteiger partial charge in [0.15, 0.2) is 0 Å². The maximum absolute atomic E-state index is 13.5. The number of hydrogen-bond donors (Lipinski definition) is 1. The molecule has 102 valence electrons. The Labute approximate surface area is 122 Å². The standard InChI is InChI=1S/C15H17ClFNS/c1-3-7-18-14(15-10(2)6-8-19-15)12-9-11(17)4-5-13(12)16/h4-6,8-9,14,18H,3,7H2,1-2H3. The highest BCUT2D eigenvalue weighted by Crippen LogP contribution is 2.33.